The van der Waals surface area contributed by atoms with Crippen molar-refractivity contribution in [1.29, 1.82) is 0 Å². The van der Waals surface area contributed by atoms with Crippen LogP contribution in [0.3, 0.4) is 0 Å². The fourth-order valence-corrected chi connectivity index (χ4v) is 3.06. The molecular weight excluding hydrogens is 397 g/mol. The van der Waals surface area contributed by atoms with Crippen molar-refractivity contribution in [1.82, 2.24) is 10.3 Å². The second-order valence-corrected chi connectivity index (χ2v) is 7.72. The van der Waals surface area contributed by atoms with Gasteiger partial charge in [-0.1, -0.05) is 38.1 Å². The van der Waals surface area contributed by atoms with E-state index in [0.29, 0.717) is 42.3 Å². The topological polar surface area (TPSA) is 84.2 Å². The lowest BCUT2D eigenvalue weighted by Gasteiger charge is -2.09. The fraction of sp³-hybridized carbons (Fsp3) is 0.292. The third-order valence-electron chi connectivity index (χ3n) is 4.55. The number of anilines is 1. The number of aromatic nitrogens is 1. The highest BCUT2D eigenvalue weighted by molar-refractivity contribution is 5.90. The van der Waals surface area contributed by atoms with Crippen LogP contribution in [-0.2, 0) is 22.6 Å². The summed E-state index contributed by atoms with van der Waals surface area (Å²) in [6.07, 6.45) is 2.43. The Bertz CT molecular complexity index is 1050. The van der Waals surface area contributed by atoms with E-state index in [-0.39, 0.29) is 30.0 Å². The Hall–Kier alpha value is -3.48. The second-order valence-electron chi connectivity index (χ2n) is 7.72. The lowest BCUT2D eigenvalue weighted by Crippen LogP contribution is -2.23. The third-order valence-corrected chi connectivity index (χ3v) is 4.55. The summed E-state index contributed by atoms with van der Waals surface area (Å²) in [5.41, 5.74) is 1.93. The van der Waals surface area contributed by atoms with Crippen LogP contribution in [0.2, 0.25) is 0 Å². The molecule has 0 aliphatic heterocycles. The Labute approximate surface area is 180 Å². The van der Waals surface area contributed by atoms with Crippen molar-refractivity contribution in [3.05, 3.63) is 72.0 Å². The predicted octanol–water partition coefficient (Wildman–Crippen LogP) is 4.71. The highest BCUT2D eigenvalue weighted by Gasteiger charge is 2.12. The standard InChI is InChI=1S/C24H26FN3O3/c1-16(2)12-23(30)28-18-7-5-6-17(13-18)14-26-22(29)10-11-24-27-15-21(31-24)19-8-3-4-9-20(19)25/h3-9,13,15-16H,10-12,14H2,1-2H3,(H,26,29)(H,28,30). The highest BCUT2D eigenvalue weighted by Crippen LogP contribution is 2.23. The van der Waals surface area contributed by atoms with E-state index >= 15 is 0 Å². The summed E-state index contributed by atoms with van der Waals surface area (Å²) in [7, 11) is 0. The number of rotatable bonds is 9. The van der Waals surface area contributed by atoms with Crippen molar-refractivity contribution in [3.8, 4) is 11.3 Å². The van der Waals surface area contributed by atoms with Gasteiger partial charge in [0.15, 0.2) is 11.7 Å². The van der Waals surface area contributed by atoms with Crippen molar-refractivity contribution in [2.45, 2.75) is 39.7 Å². The minimum atomic E-state index is -0.384. The van der Waals surface area contributed by atoms with Crippen molar-refractivity contribution in [2.75, 3.05) is 5.32 Å². The summed E-state index contributed by atoms with van der Waals surface area (Å²) in [5, 5.41) is 5.72. The van der Waals surface area contributed by atoms with Gasteiger partial charge in [0, 0.05) is 31.5 Å². The zero-order valence-corrected chi connectivity index (χ0v) is 17.7. The molecule has 3 aromatic rings. The molecule has 0 bridgehead atoms. The Balaban J connectivity index is 1.47. The molecule has 1 heterocycles. The van der Waals surface area contributed by atoms with Gasteiger partial charge < -0.3 is 15.1 Å². The van der Waals surface area contributed by atoms with Gasteiger partial charge in [-0.3, -0.25) is 9.59 Å². The number of oxazole rings is 1. The fourth-order valence-electron chi connectivity index (χ4n) is 3.06. The number of nitrogens with zero attached hydrogens (tertiary/aromatic N) is 1. The van der Waals surface area contributed by atoms with Gasteiger partial charge in [-0.15, -0.1) is 0 Å². The average Bonchev–Trinajstić information content (AvgIpc) is 3.19. The van der Waals surface area contributed by atoms with Gasteiger partial charge in [-0.05, 0) is 35.7 Å². The lowest BCUT2D eigenvalue weighted by molar-refractivity contribution is -0.121. The summed E-state index contributed by atoms with van der Waals surface area (Å²) >= 11 is 0. The van der Waals surface area contributed by atoms with Gasteiger partial charge in [-0.2, -0.15) is 0 Å². The SMILES string of the molecule is CC(C)CC(=O)Nc1cccc(CNC(=O)CCc2ncc(-c3ccccc3F)o2)c1. The van der Waals surface area contributed by atoms with Crippen molar-refractivity contribution in [3.63, 3.8) is 0 Å². The Morgan fingerprint density at radius 1 is 1.10 bits per heavy atom. The van der Waals surface area contributed by atoms with Gasteiger partial charge >= 0.3 is 0 Å². The number of halogens is 1. The van der Waals surface area contributed by atoms with E-state index in [1.54, 1.807) is 18.2 Å². The van der Waals surface area contributed by atoms with Crippen LogP contribution in [0.5, 0.6) is 0 Å². The summed E-state index contributed by atoms with van der Waals surface area (Å²) in [4.78, 5) is 28.2. The molecule has 0 atom stereocenters. The number of nitrogens with one attached hydrogen (secondary N) is 2. The van der Waals surface area contributed by atoms with Crippen LogP contribution >= 0.6 is 0 Å². The maximum atomic E-state index is 13.8. The second kappa shape index (κ2) is 10.5. The minimum absolute atomic E-state index is 0.0307. The van der Waals surface area contributed by atoms with Crippen LogP contribution in [0.1, 0.15) is 38.1 Å². The third kappa shape index (κ3) is 6.77. The van der Waals surface area contributed by atoms with Gasteiger partial charge in [0.1, 0.15) is 5.82 Å². The summed E-state index contributed by atoms with van der Waals surface area (Å²) in [5.74, 6) is 0.435. The van der Waals surface area contributed by atoms with Crippen LogP contribution in [-0.4, -0.2) is 16.8 Å². The molecule has 0 aliphatic rings. The van der Waals surface area contributed by atoms with E-state index in [9.17, 15) is 14.0 Å². The Morgan fingerprint density at radius 3 is 2.68 bits per heavy atom. The molecule has 0 unspecified atom stereocenters. The number of hydrogen-bond donors (Lipinski definition) is 2. The molecule has 2 aromatic carbocycles. The van der Waals surface area contributed by atoms with Crippen molar-refractivity contribution < 1.29 is 18.4 Å². The van der Waals surface area contributed by atoms with E-state index < -0.39 is 0 Å². The molecular formula is C24H26FN3O3. The Morgan fingerprint density at radius 2 is 1.90 bits per heavy atom. The highest BCUT2D eigenvalue weighted by atomic mass is 19.1. The number of hydrogen-bond acceptors (Lipinski definition) is 4. The largest absolute Gasteiger partial charge is 0.441 e. The molecule has 3 rings (SSSR count). The van der Waals surface area contributed by atoms with E-state index in [2.05, 4.69) is 15.6 Å². The van der Waals surface area contributed by atoms with Crippen molar-refractivity contribution >= 4 is 17.5 Å². The molecule has 0 radical (unpaired) electrons. The summed E-state index contributed by atoms with van der Waals surface area (Å²) in [6, 6.07) is 13.7. The number of carbonyl (C=O) groups excluding carboxylic acids is 2. The summed E-state index contributed by atoms with van der Waals surface area (Å²) < 4.78 is 19.4. The molecule has 0 saturated carbocycles. The number of benzene rings is 2. The van der Waals surface area contributed by atoms with Crippen LogP contribution in [0, 0.1) is 11.7 Å². The maximum Gasteiger partial charge on any atom is 0.224 e. The number of amides is 2. The van der Waals surface area contributed by atoms with E-state index in [4.69, 9.17) is 4.42 Å². The van der Waals surface area contributed by atoms with E-state index in [1.807, 2.05) is 38.1 Å². The Kier molecular flexibility index (Phi) is 7.54. The molecule has 6 nitrogen and oxygen atoms in total. The minimum Gasteiger partial charge on any atom is -0.441 e. The van der Waals surface area contributed by atoms with Crippen LogP contribution < -0.4 is 10.6 Å². The zero-order chi connectivity index (χ0) is 22.2. The molecule has 162 valence electrons. The molecule has 2 amide bonds. The molecule has 0 aliphatic carbocycles. The summed E-state index contributed by atoms with van der Waals surface area (Å²) in [6.45, 7) is 4.33. The van der Waals surface area contributed by atoms with Gasteiger partial charge in [0.25, 0.3) is 0 Å². The van der Waals surface area contributed by atoms with Crippen LogP contribution in [0.15, 0.2) is 59.1 Å². The van der Waals surface area contributed by atoms with Crippen LogP contribution in [0.25, 0.3) is 11.3 Å². The molecule has 31 heavy (non-hydrogen) atoms. The molecule has 0 spiro atoms. The molecule has 0 fully saturated rings. The van der Waals surface area contributed by atoms with E-state index in [0.717, 1.165) is 5.56 Å². The first-order chi connectivity index (χ1) is 14.9. The first-order valence-electron chi connectivity index (χ1n) is 10.3. The van der Waals surface area contributed by atoms with Gasteiger partial charge in [0.05, 0.1) is 11.8 Å². The van der Waals surface area contributed by atoms with Gasteiger partial charge in [0.2, 0.25) is 11.8 Å². The number of carbonyl (C=O) groups is 2. The van der Waals surface area contributed by atoms with Gasteiger partial charge in [-0.25, -0.2) is 9.37 Å². The molecule has 1 aromatic heterocycles. The van der Waals surface area contributed by atoms with Crippen molar-refractivity contribution in [2.24, 2.45) is 5.92 Å². The first-order valence-corrected chi connectivity index (χ1v) is 10.3. The zero-order valence-electron chi connectivity index (χ0n) is 17.7. The molecule has 0 saturated heterocycles. The van der Waals surface area contributed by atoms with E-state index in [1.165, 1.54) is 12.3 Å². The first kappa shape index (κ1) is 22.2. The maximum absolute atomic E-state index is 13.8. The predicted molar refractivity (Wildman–Crippen MR) is 117 cm³/mol. The monoisotopic (exact) mass is 423 g/mol. The molecule has 7 heteroatoms. The quantitative estimate of drug-likeness (QED) is 0.522. The molecule has 2 N–H and O–H groups in total. The number of aryl methyl sites for hydroxylation is 1. The average molecular weight is 423 g/mol. The smallest absolute Gasteiger partial charge is 0.224 e. The normalized spacial score (nSPS) is 10.8. The lowest BCUT2D eigenvalue weighted by atomic mass is 10.1. The van der Waals surface area contributed by atoms with Crippen LogP contribution in [0.4, 0.5) is 10.1 Å².